The van der Waals surface area contributed by atoms with Crippen molar-refractivity contribution in [1.29, 1.82) is 0 Å². The first-order chi connectivity index (χ1) is 14.9. The van der Waals surface area contributed by atoms with E-state index in [1.165, 1.54) is 21.3 Å². The third-order valence-electron chi connectivity index (χ3n) is 5.71. The lowest BCUT2D eigenvalue weighted by Gasteiger charge is -2.35. The van der Waals surface area contributed by atoms with Gasteiger partial charge in [0.15, 0.2) is 11.5 Å². The van der Waals surface area contributed by atoms with Gasteiger partial charge in [-0.15, -0.1) is 0 Å². The van der Waals surface area contributed by atoms with Gasteiger partial charge in [-0.2, -0.15) is 4.31 Å². The van der Waals surface area contributed by atoms with Crippen molar-refractivity contribution < 1.29 is 27.5 Å². The van der Waals surface area contributed by atoms with E-state index >= 15 is 0 Å². The summed E-state index contributed by atoms with van der Waals surface area (Å²) in [6, 6.07) is 3.85. The van der Waals surface area contributed by atoms with Gasteiger partial charge in [0.1, 0.15) is 6.04 Å². The average molecular weight is 453 g/mol. The lowest BCUT2D eigenvalue weighted by Crippen LogP contribution is -2.52. The molecule has 0 aliphatic carbocycles. The molecule has 2 fully saturated rings. The van der Waals surface area contributed by atoms with Gasteiger partial charge in [-0.1, -0.05) is 13.3 Å². The summed E-state index contributed by atoms with van der Waals surface area (Å²) >= 11 is 0. The third kappa shape index (κ3) is 4.48. The van der Waals surface area contributed by atoms with Gasteiger partial charge >= 0.3 is 6.03 Å². The predicted molar refractivity (Wildman–Crippen MR) is 111 cm³/mol. The van der Waals surface area contributed by atoms with Gasteiger partial charge in [0.05, 0.1) is 24.8 Å². The number of nitrogens with zero attached hydrogens (tertiary/aromatic N) is 3. The van der Waals surface area contributed by atoms with Crippen molar-refractivity contribution >= 4 is 22.0 Å². The lowest BCUT2D eigenvalue weighted by atomic mass is 10.2. The molecular weight excluding hydrogens is 424 g/mol. The van der Waals surface area contributed by atoms with E-state index in [1.807, 2.05) is 11.8 Å². The number of hydrogen-bond donors (Lipinski definition) is 1. The zero-order valence-electron chi connectivity index (χ0n) is 17.6. The van der Waals surface area contributed by atoms with E-state index in [4.69, 9.17) is 9.47 Å². The van der Waals surface area contributed by atoms with Crippen molar-refractivity contribution in [2.24, 2.45) is 0 Å². The normalized spacial score (nSPS) is 23.0. The molecule has 0 spiro atoms. The van der Waals surface area contributed by atoms with Crippen LogP contribution in [0.1, 0.15) is 26.2 Å². The van der Waals surface area contributed by atoms with Crippen LogP contribution < -0.4 is 14.8 Å². The maximum Gasteiger partial charge on any atom is 0.325 e. The Morgan fingerprint density at radius 2 is 1.77 bits per heavy atom. The number of nitrogens with one attached hydrogen (secondary N) is 1. The molecule has 10 nitrogen and oxygen atoms in total. The standard InChI is InChI=1S/C20H28N4O6S/c1-2-4-16-19(25)24(20(26)21-16)14-22-7-9-23(10-8-22)31(27,28)15-5-6-17-18(13-15)30-12-3-11-29-17/h5-6,13,16H,2-4,7-12,14H2,1H3,(H,21,26)/t16-/m0/s1. The third-order valence-corrected chi connectivity index (χ3v) is 7.61. The van der Waals surface area contributed by atoms with Crippen molar-refractivity contribution in [1.82, 2.24) is 19.4 Å². The van der Waals surface area contributed by atoms with Crippen LogP contribution in [0.4, 0.5) is 4.79 Å². The second kappa shape index (κ2) is 9.01. The van der Waals surface area contributed by atoms with Gasteiger partial charge in [0, 0.05) is 38.7 Å². The Morgan fingerprint density at radius 1 is 1.06 bits per heavy atom. The fourth-order valence-electron chi connectivity index (χ4n) is 3.96. The van der Waals surface area contributed by atoms with E-state index in [0.29, 0.717) is 44.2 Å². The molecule has 1 N–H and O–H groups in total. The van der Waals surface area contributed by atoms with Gasteiger partial charge in [0.2, 0.25) is 10.0 Å². The fraction of sp³-hybridized carbons (Fsp3) is 0.600. The molecule has 3 aliphatic heterocycles. The summed E-state index contributed by atoms with van der Waals surface area (Å²) in [5.41, 5.74) is 0. The van der Waals surface area contributed by atoms with Crippen LogP contribution in [0.5, 0.6) is 11.5 Å². The molecule has 4 rings (SSSR count). The zero-order valence-corrected chi connectivity index (χ0v) is 18.4. The lowest BCUT2D eigenvalue weighted by molar-refractivity contribution is -0.129. The van der Waals surface area contributed by atoms with Gasteiger partial charge in [0.25, 0.3) is 5.91 Å². The predicted octanol–water partition coefficient (Wildman–Crippen LogP) is 0.832. The van der Waals surface area contributed by atoms with Crippen LogP contribution in [0.3, 0.4) is 0 Å². The first kappa shape index (κ1) is 21.8. The molecule has 1 aromatic rings. The molecule has 0 saturated carbocycles. The second-order valence-corrected chi connectivity index (χ2v) is 9.82. The minimum absolute atomic E-state index is 0.168. The van der Waals surface area contributed by atoms with E-state index in [2.05, 4.69) is 5.32 Å². The van der Waals surface area contributed by atoms with E-state index in [1.54, 1.807) is 6.07 Å². The highest BCUT2D eigenvalue weighted by atomic mass is 32.2. The largest absolute Gasteiger partial charge is 0.490 e. The monoisotopic (exact) mass is 452 g/mol. The highest BCUT2D eigenvalue weighted by Gasteiger charge is 2.39. The molecule has 11 heteroatoms. The second-order valence-electron chi connectivity index (χ2n) is 7.88. The molecule has 3 heterocycles. The molecule has 3 aliphatic rings. The maximum atomic E-state index is 13.1. The maximum absolute atomic E-state index is 13.1. The summed E-state index contributed by atoms with van der Waals surface area (Å²) in [7, 11) is -3.68. The molecule has 0 unspecified atom stereocenters. The highest BCUT2D eigenvalue weighted by Crippen LogP contribution is 2.33. The number of hydrogen-bond acceptors (Lipinski definition) is 7. The summed E-state index contributed by atoms with van der Waals surface area (Å²) < 4.78 is 38.8. The van der Waals surface area contributed by atoms with Crippen LogP contribution in [-0.4, -0.2) is 86.6 Å². The average Bonchev–Trinajstić information content (AvgIpc) is 2.93. The summed E-state index contributed by atoms with van der Waals surface area (Å²) in [6.07, 6.45) is 2.17. The number of ether oxygens (including phenoxy) is 2. The van der Waals surface area contributed by atoms with Crippen LogP contribution in [0.2, 0.25) is 0 Å². The molecule has 2 saturated heterocycles. The minimum Gasteiger partial charge on any atom is -0.490 e. The van der Waals surface area contributed by atoms with Crippen molar-refractivity contribution in [2.75, 3.05) is 46.1 Å². The van der Waals surface area contributed by atoms with Gasteiger partial charge < -0.3 is 14.8 Å². The van der Waals surface area contributed by atoms with Crippen LogP contribution in [0.25, 0.3) is 0 Å². The molecule has 0 aromatic heterocycles. The van der Waals surface area contributed by atoms with Gasteiger partial charge in [-0.3, -0.25) is 9.69 Å². The zero-order chi connectivity index (χ0) is 22.0. The van der Waals surface area contributed by atoms with Crippen molar-refractivity contribution in [3.8, 4) is 11.5 Å². The van der Waals surface area contributed by atoms with Crippen LogP contribution in [-0.2, 0) is 14.8 Å². The number of imide groups is 1. The van der Waals surface area contributed by atoms with Crippen LogP contribution in [0, 0.1) is 0 Å². The number of sulfonamides is 1. The van der Waals surface area contributed by atoms with Crippen molar-refractivity contribution in [2.45, 2.75) is 37.1 Å². The van der Waals surface area contributed by atoms with Crippen molar-refractivity contribution in [3.05, 3.63) is 18.2 Å². The van der Waals surface area contributed by atoms with Crippen molar-refractivity contribution in [3.63, 3.8) is 0 Å². The Kier molecular flexibility index (Phi) is 6.35. The molecule has 170 valence electrons. The number of amides is 3. The van der Waals surface area contributed by atoms with E-state index in [9.17, 15) is 18.0 Å². The summed E-state index contributed by atoms with van der Waals surface area (Å²) in [5, 5.41) is 2.71. The van der Waals surface area contributed by atoms with Gasteiger partial charge in [-0.25, -0.2) is 18.1 Å². The Morgan fingerprint density at radius 3 is 2.48 bits per heavy atom. The molecule has 31 heavy (non-hydrogen) atoms. The number of carbonyl (C=O) groups excluding carboxylic acids is 2. The topological polar surface area (TPSA) is 108 Å². The molecule has 0 bridgehead atoms. The molecule has 1 aromatic carbocycles. The highest BCUT2D eigenvalue weighted by molar-refractivity contribution is 7.89. The Bertz CT molecular complexity index is 945. The minimum atomic E-state index is -3.68. The Balaban J connectivity index is 1.38. The first-order valence-electron chi connectivity index (χ1n) is 10.6. The molecule has 3 amide bonds. The first-order valence-corrected chi connectivity index (χ1v) is 12.1. The number of carbonyl (C=O) groups is 2. The molecule has 0 radical (unpaired) electrons. The van der Waals surface area contributed by atoms with E-state index < -0.39 is 16.1 Å². The summed E-state index contributed by atoms with van der Waals surface area (Å²) in [5.74, 6) is 0.780. The van der Waals surface area contributed by atoms with Crippen LogP contribution in [0.15, 0.2) is 23.1 Å². The summed E-state index contributed by atoms with van der Waals surface area (Å²) in [6.45, 7) is 4.57. The Hall–Kier alpha value is -2.37. The Labute approximate surface area is 182 Å². The number of fused-ring (bicyclic) bond motifs is 1. The number of benzene rings is 1. The van der Waals surface area contributed by atoms with E-state index in [-0.39, 0.29) is 36.6 Å². The molecular formula is C20H28N4O6S. The van der Waals surface area contributed by atoms with E-state index in [0.717, 1.165) is 12.8 Å². The fourth-order valence-corrected chi connectivity index (χ4v) is 5.40. The molecule has 1 atom stereocenters. The van der Waals surface area contributed by atoms with Crippen LogP contribution >= 0.6 is 0 Å². The quantitative estimate of drug-likeness (QED) is 0.637. The number of rotatable bonds is 6. The number of piperazine rings is 1. The summed E-state index contributed by atoms with van der Waals surface area (Å²) in [4.78, 5) is 27.9. The smallest absolute Gasteiger partial charge is 0.325 e. The SMILES string of the molecule is CCC[C@@H]1NC(=O)N(CN2CCN(S(=O)(=O)c3ccc4c(c3)OCCCO4)CC2)C1=O. The van der Waals surface area contributed by atoms with Gasteiger partial charge in [-0.05, 0) is 18.6 Å². The number of urea groups is 1.